The van der Waals surface area contributed by atoms with E-state index in [1.807, 2.05) is 29.2 Å². The van der Waals surface area contributed by atoms with Gasteiger partial charge in [-0.05, 0) is 49.3 Å². The van der Waals surface area contributed by atoms with Crippen molar-refractivity contribution in [2.24, 2.45) is 11.8 Å². The monoisotopic (exact) mass is 392 g/mol. The molecule has 7 heteroatoms. The number of likely N-dealkylation sites (tertiary alicyclic amines) is 1. The number of rotatable bonds is 4. The van der Waals surface area contributed by atoms with E-state index in [9.17, 15) is 13.2 Å². The summed E-state index contributed by atoms with van der Waals surface area (Å²) in [4.78, 5) is 14.5. The number of carbonyl (C=O) groups excluding carboxylic acids is 1. The van der Waals surface area contributed by atoms with Gasteiger partial charge < -0.3 is 9.64 Å². The van der Waals surface area contributed by atoms with Gasteiger partial charge in [-0.25, -0.2) is 8.42 Å². The average Bonchev–Trinajstić information content (AvgIpc) is 2.76. The van der Waals surface area contributed by atoms with E-state index in [0.29, 0.717) is 32.6 Å². The normalized spacial score (nSPS) is 28.3. The quantitative estimate of drug-likeness (QED) is 0.788. The van der Waals surface area contributed by atoms with Crippen molar-refractivity contribution in [2.75, 3.05) is 26.7 Å². The van der Waals surface area contributed by atoms with Crippen LogP contribution in [-0.2, 0) is 21.4 Å². The highest BCUT2D eigenvalue weighted by Gasteiger charge is 2.47. The van der Waals surface area contributed by atoms with Crippen molar-refractivity contribution in [3.63, 3.8) is 0 Å². The average molecular weight is 393 g/mol. The fourth-order valence-corrected chi connectivity index (χ4v) is 6.78. The first kappa shape index (κ1) is 18.7. The number of carbonyl (C=O) groups is 1. The predicted octanol–water partition coefficient (Wildman–Crippen LogP) is 2.25. The second-order valence-electron chi connectivity index (χ2n) is 8.02. The number of hydrogen-bond donors (Lipinski definition) is 0. The largest absolute Gasteiger partial charge is 0.497 e. The van der Waals surface area contributed by atoms with Crippen LogP contribution in [0.1, 0.15) is 37.7 Å². The molecule has 3 aliphatic rings. The number of sulfonamides is 1. The molecular formula is C20H28N2O4S. The lowest BCUT2D eigenvalue weighted by molar-refractivity contribution is -0.138. The van der Waals surface area contributed by atoms with Gasteiger partial charge in [0, 0.05) is 32.1 Å². The Labute approximate surface area is 161 Å². The molecule has 2 aliphatic heterocycles. The van der Waals surface area contributed by atoms with Crippen molar-refractivity contribution < 1.29 is 17.9 Å². The molecule has 2 heterocycles. The third-order valence-corrected chi connectivity index (χ3v) is 8.80. The highest BCUT2D eigenvalue weighted by atomic mass is 32.2. The summed E-state index contributed by atoms with van der Waals surface area (Å²) in [5.41, 5.74) is 0.941. The highest BCUT2D eigenvalue weighted by Crippen LogP contribution is 2.36. The molecule has 1 aromatic rings. The maximum Gasteiger partial charge on any atom is 0.225 e. The Morgan fingerprint density at radius 2 is 1.96 bits per heavy atom. The van der Waals surface area contributed by atoms with E-state index in [2.05, 4.69) is 0 Å². The minimum Gasteiger partial charge on any atom is -0.497 e. The maximum atomic E-state index is 13.1. The van der Waals surface area contributed by atoms with Crippen molar-refractivity contribution in [1.82, 2.24) is 9.21 Å². The summed E-state index contributed by atoms with van der Waals surface area (Å²) in [7, 11) is -1.72. The molecule has 3 fully saturated rings. The van der Waals surface area contributed by atoms with E-state index in [1.54, 1.807) is 11.4 Å². The number of nitrogens with zero attached hydrogens (tertiary/aromatic N) is 2. The Morgan fingerprint density at radius 3 is 2.67 bits per heavy atom. The van der Waals surface area contributed by atoms with Crippen molar-refractivity contribution in [3.8, 4) is 5.75 Å². The molecule has 1 aromatic carbocycles. The van der Waals surface area contributed by atoms with Gasteiger partial charge in [0.2, 0.25) is 15.9 Å². The number of amides is 1. The molecule has 0 radical (unpaired) electrons. The Morgan fingerprint density at radius 1 is 1.19 bits per heavy atom. The lowest BCUT2D eigenvalue weighted by atomic mass is 9.84. The van der Waals surface area contributed by atoms with Crippen molar-refractivity contribution in [1.29, 1.82) is 0 Å². The Kier molecular flexibility index (Phi) is 5.16. The fraction of sp³-hybridized carbons (Fsp3) is 0.650. The van der Waals surface area contributed by atoms with Gasteiger partial charge in [0.15, 0.2) is 0 Å². The lowest BCUT2D eigenvalue weighted by Gasteiger charge is -2.31. The van der Waals surface area contributed by atoms with Crippen LogP contribution in [-0.4, -0.2) is 55.5 Å². The van der Waals surface area contributed by atoms with E-state index >= 15 is 0 Å². The van der Waals surface area contributed by atoms with Crippen molar-refractivity contribution in [3.05, 3.63) is 29.8 Å². The first-order valence-electron chi connectivity index (χ1n) is 9.89. The molecule has 1 saturated carbocycles. The minimum absolute atomic E-state index is 0.111. The van der Waals surface area contributed by atoms with Gasteiger partial charge in [-0.3, -0.25) is 4.79 Å². The topological polar surface area (TPSA) is 66.9 Å². The second-order valence-corrected chi connectivity index (χ2v) is 10.2. The third kappa shape index (κ3) is 3.59. The molecule has 2 saturated heterocycles. The van der Waals surface area contributed by atoms with Gasteiger partial charge in [-0.1, -0.05) is 18.6 Å². The van der Waals surface area contributed by atoms with Gasteiger partial charge in [-0.2, -0.15) is 4.31 Å². The fourth-order valence-electron chi connectivity index (χ4n) is 4.56. The number of benzene rings is 1. The molecule has 0 bridgehead atoms. The Hall–Kier alpha value is -1.60. The van der Waals surface area contributed by atoms with Crippen LogP contribution in [0.25, 0.3) is 0 Å². The zero-order valence-electron chi connectivity index (χ0n) is 15.8. The summed E-state index contributed by atoms with van der Waals surface area (Å²) in [5.74, 6) is 1.28. The summed E-state index contributed by atoms with van der Waals surface area (Å²) in [5, 5.41) is -0.359. The molecule has 0 spiro atoms. The molecule has 1 aliphatic carbocycles. The summed E-state index contributed by atoms with van der Waals surface area (Å²) < 4.78 is 33.1. The van der Waals surface area contributed by atoms with E-state index < -0.39 is 10.0 Å². The number of fused-ring (bicyclic) bond motifs is 1. The molecule has 0 N–H and O–H groups in total. The lowest BCUT2D eigenvalue weighted by Crippen LogP contribution is -2.40. The van der Waals surface area contributed by atoms with Crippen LogP contribution in [0.3, 0.4) is 0 Å². The molecule has 148 valence electrons. The standard InChI is InChI=1S/C20H28N2O4S/c1-26-18-7-2-4-15(12-18)13-22-14-17-8-10-21(20(23)16-5-3-6-16)11-9-19(17)27(22,24)25/h2,4,7,12,16-17,19H,3,5-6,8-11,13-14H2,1H3/t17-,19-/m0/s1. The van der Waals surface area contributed by atoms with Crippen LogP contribution in [0.15, 0.2) is 24.3 Å². The summed E-state index contributed by atoms with van der Waals surface area (Å²) >= 11 is 0. The van der Waals surface area contributed by atoms with Crippen LogP contribution in [0, 0.1) is 11.8 Å². The molecule has 0 unspecified atom stereocenters. The van der Waals surface area contributed by atoms with E-state index in [4.69, 9.17) is 4.74 Å². The zero-order chi connectivity index (χ0) is 19.0. The second kappa shape index (κ2) is 7.43. The summed E-state index contributed by atoms with van der Waals surface area (Å²) in [6, 6.07) is 7.58. The van der Waals surface area contributed by atoms with E-state index in [0.717, 1.165) is 37.0 Å². The Bertz CT molecular complexity index is 806. The van der Waals surface area contributed by atoms with Crippen molar-refractivity contribution in [2.45, 2.75) is 43.9 Å². The van der Waals surface area contributed by atoms with Gasteiger partial charge >= 0.3 is 0 Å². The van der Waals surface area contributed by atoms with Gasteiger partial charge in [0.25, 0.3) is 0 Å². The Balaban J connectivity index is 1.44. The molecule has 0 aromatic heterocycles. The molecule has 6 nitrogen and oxygen atoms in total. The van der Waals surface area contributed by atoms with E-state index in [-0.39, 0.29) is 23.0 Å². The minimum atomic E-state index is -3.34. The zero-order valence-corrected chi connectivity index (χ0v) is 16.7. The number of methoxy groups -OCH3 is 1. The molecular weight excluding hydrogens is 364 g/mol. The highest BCUT2D eigenvalue weighted by molar-refractivity contribution is 7.90. The molecule has 1 amide bonds. The first-order chi connectivity index (χ1) is 13.0. The number of ether oxygens (including phenoxy) is 1. The molecule has 2 atom stereocenters. The van der Waals surface area contributed by atoms with Crippen molar-refractivity contribution >= 4 is 15.9 Å². The van der Waals surface area contributed by atoms with Gasteiger partial charge in [0.1, 0.15) is 5.75 Å². The molecule has 4 rings (SSSR count). The maximum absolute atomic E-state index is 13.1. The third-order valence-electron chi connectivity index (χ3n) is 6.42. The van der Waals surface area contributed by atoms with Gasteiger partial charge in [0.05, 0.1) is 12.4 Å². The van der Waals surface area contributed by atoms with Crippen LogP contribution in [0.4, 0.5) is 0 Å². The predicted molar refractivity (Wildman–Crippen MR) is 103 cm³/mol. The molecule has 27 heavy (non-hydrogen) atoms. The smallest absolute Gasteiger partial charge is 0.225 e. The van der Waals surface area contributed by atoms with Crippen LogP contribution < -0.4 is 4.74 Å². The summed E-state index contributed by atoms with van der Waals surface area (Å²) in [6.07, 6.45) is 4.46. The summed E-state index contributed by atoms with van der Waals surface area (Å²) in [6.45, 7) is 2.20. The van der Waals surface area contributed by atoms with Crippen LogP contribution >= 0.6 is 0 Å². The van der Waals surface area contributed by atoms with Gasteiger partial charge in [-0.15, -0.1) is 0 Å². The van der Waals surface area contributed by atoms with E-state index in [1.165, 1.54) is 0 Å². The SMILES string of the molecule is COc1cccc(CN2C[C@@H]3CCN(C(=O)C4CCC4)CC[C@@H]3S2(=O)=O)c1. The number of hydrogen-bond acceptors (Lipinski definition) is 4. The van der Waals surface area contributed by atoms with Crippen LogP contribution in [0.5, 0.6) is 5.75 Å². The van der Waals surface area contributed by atoms with Crippen LogP contribution in [0.2, 0.25) is 0 Å². The first-order valence-corrected chi connectivity index (χ1v) is 11.4.